The molecule has 0 rings (SSSR count). The minimum Gasteiger partial charge on any atom is -0.466 e. The van der Waals surface area contributed by atoms with Gasteiger partial charge in [0.15, 0.2) is 0 Å². The Morgan fingerprint density at radius 1 is 0.375 bits per heavy atom. The van der Waals surface area contributed by atoms with Crippen LogP contribution in [0.4, 0.5) is 0 Å². The summed E-state index contributed by atoms with van der Waals surface area (Å²) in [6.45, 7) is 4.90. The Bertz CT molecular complexity index is 1170. The van der Waals surface area contributed by atoms with Gasteiger partial charge in [-0.1, -0.05) is 288 Å². The largest absolute Gasteiger partial charge is 0.466 e. The summed E-state index contributed by atoms with van der Waals surface area (Å²) in [6, 6.07) is -0.627. The molecule has 0 aliphatic carbocycles. The molecule has 6 nitrogen and oxygen atoms in total. The van der Waals surface area contributed by atoms with Crippen molar-refractivity contribution < 1.29 is 24.5 Å². The SMILES string of the molecule is CCCCCCCC/C=C\CCCCCCCCCC(=O)OCCCCCCCCCCCCCC/C=C\CCCCCCCCCCCCCC(=O)NC(CO)C(O)/C=C/CCCCCCCCCCC. The second-order valence-electron chi connectivity index (χ2n) is 22.1. The van der Waals surface area contributed by atoms with E-state index in [1.807, 2.05) is 6.08 Å². The van der Waals surface area contributed by atoms with Crippen molar-refractivity contribution in [3.8, 4) is 0 Å². The summed E-state index contributed by atoms with van der Waals surface area (Å²) in [7, 11) is 0. The molecule has 2 atom stereocenters. The molecule has 0 aromatic rings. The zero-order valence-corrected chi connectivity index (χ0v) is 48.4. The number of aliphatic hydroxyl groups excluding tert-OH is 2. The quantitative estimate of drug-likeness (QED) is 0.0320. The molecule has 0 aliphatic heterocycles. The zero-order chi connectivity index (χ0) is 52.2. The molecular weight excluding hydrogens is 887 g/mol. The first-order valence-corrected chi connectivity index (χ1v) is 32.3. The molecule has 0 spiro atoms. The molecule has 424 valence electrons. The number of nitrogens with one attached hydrogen (secondary N) is 1. The van der Waals surface area contributed by atoms with E-state index in [9.17, 15) is 19.8 Å². The second-order valence-corrected chi connectivity index (χ2v) is 22.1. The number of esters is 1. The third-order valence-electron chi connectivity index (χ3n) is 14.9. The third kappa shape index (κ3) is 57.4. The van der Waals surface area contributed by atoms with Gasteiger partial charge < -0.3 is 20.3 Å². The summed E-state index contributed by atoms with van der Waals surface area (Å²) < 4.78 is 5.50. The van der Waals surface area contributed by atoms with Gasteiger partial charge in [0.05, 0.1) is 25.4 Å². The maximum absolute atomic E-state index is 12.4. The minimum absolute atomic E-state index is 0.0114. The van der Waals surface area contributed by atoms with Crippen LogP contribution in [0.25, 0.3) is 0 Å². The number of hydrogen-bond acceptors (Lipinski definition) is 5. The lowest BCUT2D eigenvalue weighted by Crippen LogP contribution is -2.45. The Kier molecular flexibility index (Phi) is 60.0. The predicted molar refractivity (Wildman–Crippen MR) is 315 cm³/mol. The molecule has 0 aromatic heterocycles. The van der Waals surface area contributed by atoms with Gasteiger partial charge in [-0.25, -0.2) is 0 Å². The van der Waals surface area contributed by atoms with Crippen molar-refractivity contribution in [1.29, 1.82) is 0 Å². The van der Waals surface area contributed by atoms with Gasteiger partial charge >= 0.3 is 5.97 Å². The van der Waals surface area contributed by atoms with Crippen LogP contribution < -0.4 is 5.32 Å². The van der Waals surface area contributed by atoms with Crippen LogP contribution in [0.5, 0.6) is 0 Å². The molecule has 0 fully saturated rings. The van der Waals surface area contributed by atoms with Crippen molar-refractivity contribution in [2.24, 2.45) is 0 Å². The van der Waals surface area contributed by atoms with Crippen molar-refractivity contribution in [2.75, 3.05) is 13.2 Å². The first-order valence-electron chi connectivity index (χ1n) is 32.3. The highest BCUT2D eigenvalue weighted by Crippen LogP contribution is 2.17. The first-order chi connectivity index (χ1) is 35.5. The number of amides is 1. The standard InChI is InChI=1S/C66H125NO5/c1-3-5-7-9-11-13-15-16-17-29-33-36-40-44-48-52-56-60-66(71)72-61-57-53-49-45-41-37-34-31-28-26-24-22-20-18-19-21-23-25-27-30-32-35-39-43-47-51-55-59-65(70)67-63(62-68)64(69)58-54-50-46-42-38-14-12-10-8-6-4-2/h16-19,54,58,63-64,68-69H,3-15,20-53,55-57,59-62H2,1-2H3,(H,67,70)/b17-16-,19-18-,58-54+. The summed E-state index contributed by atoms with van der Waals surface area (Å²) in [4.78, 5) is 24.5. The van der Waals surface area contributed by atoms with Crippen LogP contribution >= 0.6 is 0 Å². The molecule has 0 saturated carbocycles. The maximum Gasteiger partial charge on any atom is 0.305 e. The molecule has 0 radical (unpaired) electrons. The molecule has 0 aliphatic rings. The van der Waals surface area contributed by atoms with Crippen LogP contribution in [-0.2, 0) is 14.3 Å². The van der Waals surface area contributed by atoms with Crippen molar-refractivity contribution in [3.05, 3.63) is 36.5 Å². The molecule has 0 heterocycles. The van der Waals surface area contributed by atoms with Gasteiger partial charge in [0.1, 0.15) is 0 Å². The number of hydrogen-bond donors (Lipinski definition) is 3. The summed E-state index contributed by atoms with van der Waals surface area (Å²) in [5.41, 5.74) is 0. The lowest BCUT2D eigenvalue weighted by molar-refractivity contribution is -0.143. The molecule has 72 heavy (non-hydrogen) atoms. The van der Waals surface area contributed by atoms with Crippen LogP contribution in [-0.4, -0.2) is 47.4 Å². The van der Waals surface area contributed by atoms with Crippen LogP contribution in [0.15, 0.2) is 36.5 Å². The van der Waals surface area contributed by atoms with E-state index in [1.165, 1.54) is 276 Å². The number of carbonyl (C=O) groups is 2. The Labute approximate surface area is 449 Å². The molecule has 0 bridgehead atoms. The highest BCUT2D eigenvalue weighted by atomic mass is 16.5. The Balaban J connectivity index is 3.37. The normalized spacial score (nSPS) is 12.8. The summed E-state index contributed by atoms with van der Waals surface area (Å²) in [5, 5.41) is 23.0. The number of carbonyl (C=O) groups excluding carboxylic acids is 2. The van der Waals surface area contributed by atoms with Crippen LogP contribution in [0.1, 0.15) is 348 Å². The van der Waals surface area contributed by atoms with Crippen LogP contribution in [0, 0.1) is 0 Å². The van der Waals surface area contributed by atoms with Gasteiger partial charge in [0, 0.05) is 12.8 Å². The number of ether oxygens (including phenoxy) is 1. The fourth-order valence-electron chi connectivity index (χ4n) is 9.92. The third-order valence-corrected chi connectivity index (χ3v) is 14.9. The summed E-state index contributed by atoms with van der Waals surface area (Å²) in [5.74, 6) is -0.0580. The number of rotatable bonds is 60. The Morgan fingerprint density at radius 3 is 0.986 bits per heavy atom. The Morgan fingerprint density at radius 2 is 0.653 bits per heavy atom. The van der Waals surface area contributed by atoms with Crippen molar-refractivity contribution in [1.82, 2.24) is 5.32 Å². The number of aliphatic hydroxyl groups is 2. The summed E-state index contributed by atoms with van der Waals surface area (Å²) >= 11 is 0. The van der Waals surface area contributed by atoms with Gasteiger partial charge in [-0.15, -0.1) is 0 Å². The molecule has 2 unspecified atom stereocenters. The second kappa shape index (κ2) is 61.6. The summed E-state index contributed by atoms with van der Waals surface area (Å²) in [6.07, 6.45) is 77.8. The molecule has 1 amide bonds. The lowest BCUT2D eigenvalue weighted by Gasteiger charge is -2.20. The van der Waals surface area contributed by atoms with Crippen LogP contribution in [0.2, 0.25) is 0 Å². The minimum atomic E-state index is -0.843. The number of allylic oxidation sites excluding steroid dienone is 5. The molecular formula is C66H125NO5. The van der Waals surface area contributed by atoms with Crippen LogP contribution in [0.3, 0.4) is 0 Å². The van der Waals surface area contributed by atoms with E-state index in [-0.39, 0.29) is 18.5 Å². The van der Waals surface area contributed by atoms with Gasteiger partial charge in [0.25, 0.3) is 0 Å². The van der Waals surface area contributed by atoms with E-state index < -0.39 is 12.1 Å². The van der Waals surface area contributed by atoms with E-state index in [0.717, 1.165) is 44.9 Å². The van der Waals surface area contributed by atoms with Crippen molar-refractivity contribution in [2.45, 2.75) is 360 Å². The highest BCUT2D eigenvalue weighted by molar-refractivity contribution is 5.76. The van der Waals surface area contributed by atoms with Gasteiger partial charge in [-0.2, -0.15) is 0 Å². The van der Waals surface area contributed by atoms with Crippen molar-refractivity contribution >= 4 is 11.9 Å². The van der Waals surface area contributed by atoms with Gasteiger partial charge in [-0.3, -0.25) is 9.59 Å². The average Bonchev–Trinajstić information content (AvgIpc) is 3.38. The fourth-order valence-corrected chi connectivity index (χ4v) is 9.92. The maximum atomic E-state index is 12.4. The smallest absolute Gasteiger partial charge is 0.305 e. The average molecular weight is 1010 g/mol. The lowest BCUT2D eigenvalue weighted by atomic mass is 10.0. The van der Waals surface area contributed by atoms with E-state index in [2.05, 4.69) is 43.5 Å². The molecule has 3 N–H and O–H groups in total. The molecule has 0 saturated heterocycles. The fraction of sp³-hybridized carbons (Fsp3) is 0.879. The molecule has 6 heteroatoms. The highest BCUT2D eigenvalue weighted by Gasteiger charge is 2.18. The monoisotopic (exact) mass is 1010 g/mol. The topological polar surface area (TPSA) is 95.9 Å². The van der Waals surface area contributed by atoms with Crippen molar-refractivity contribution in [3.63, 3.8) is 0 Å². The predicted octanol–water partition coefficient (Wildman–Crippen LogP) is 20.4. The van der Waals surface area contributed by atoms with E-state index in [4.69, 9.17) is 4.74 Å². The number of unbranched alkanes of at least 4 members (excludes halogenated alkanes) is 45. The molecule has 0 aromatic carbocycles. The Hall–Kier alpha value is -1.92. The first kappa shape index (κ1) is 70.1. The van der Waals surface area contributed by atoms with Gasteiger partial charge in [0.2, 0.25) is 5.91 Å². The van der Waals surface area contributed by atoms with E-state index in [1.54, 1.807) is 6.08 Å². The van der Waals surface area contributed by atoms with E-state index in [0.29, 0.717) is 19.4 Å². The zero-order valence-electron chi connectivity index (χ0n) is 48.4. The van der Waals surface area contributed by atoms with E-state index >= 15 is 0 Å². The van der Waals surface area contributed by atoms with Gasteiger partial charge in [-0.05, 0) is 83.5 Å².